The fraction of sp³-hybridized carbons (Fsp3) is 0.235. The van der Waals surface area contributed by atoms with Gasteiger partial charge in [0.2, 0.25) is 10.0 Å². The van der Waals surface area contributed by atoms with Gasteiger partial charge < -0.3 is 5.32 Å². The molecule has 0 fully saturated rings. The van der Waals surface area contributed by atoms with Crippen molar-refractivity contribution >= 4 is 21.6 Å². The lowest BCUT2D eigenvalue weighted by atomic mass is 10.2. The van der Waals surface area contributed by atoms with Gasteiger partial charge in [0.25, 0.3) is 5.91 Å². The van der Waals surface area contributed by atoms with E-state index in [1.165, 1.54) is 22.5 Å². The Morgan fingerprint density at radius 2 is 1.88 bits per heavy atom. The molecule has 0 saturated carbocycles. The molecule has 0 radical (unpaired) electrons. The molecule has 7 heteroatoms. The van der Waals surface area contributed by atoms with Crippen LogP contribution in [0, 0.1) is 12.7 Å². The maximum absolute atomic E-state index is 13.1. The summed E-state index contributed by atoms with van der Waals surface area (Å²) in [5.74, 6) is -0.952. The number of halogens is 1. The Morgan fingerprint density at radius 1 is 1.17 bits per heavy atom. The van der Waals surface area contributed by atoms with Gasteiger partial charge in [-0.05, 0) is 42.8 Å². The lowest BCUT2D eigenvalue weighted by Gasteiger charge is -2.23. The van der Waals surface area contributed by atoms with Gasteiger partial charge in [0.15, 0.2) is 0 Å². The van der Waals surface area contributed by atoms with E-state index in [1.807, 2.05) is 13.0 Å². The Kier molecular flexibility index (Phi) is 5.56. The van der Waals surface area contributed by atoms with E-state index in [2.05, 4.69) is 5.32 Å². The van der Waals surface area contributed by atoms with Crippen LogP contribution in [0.4, 0.5) is 10.1 Å². The van der Waals surface area contributed by atoms with E-state index in [1.54, 1.807) is 18.2 Å². The topological polar surface area (TPSA) is 66.5 Å². The molecule has 2 aromatic carbocycles. The van der Waals surface area contributed by atoms with E-state index in [0.29, 0.717) is 5.69 Å². The van der Waals surface area contributed by atoms with Crippen LogP contribution in [-0.2, 0) is 10.0 Å². The number of benzene rings is 2. The Hall–Kier alpha value is -2.41. The van der Waals surface area contributed by atoms with E-state index < -0.39 is 21.7 Å². The van der Waals surface area contributed by atoms with Crippen molar-refractivity contribution in [2.45, 2.75) is 6.92 Å². The molecule has 24 heavy (non-hydrogen) atoms. The predicted octanol–water partition coefficient (Wildman–Crippen LogP) is 2.33. The molecular weight excluding hydrogens is 331 g/mol. The normalized spacial score (nSPS) is 11.1. The Morgan fingerprint density at radius 3 is 2.50 bits per heavy atom. The monoisotopic (exact) mass is 350 g/mol. The second-order valence-corrected chi connectivity index (χ2v) is 7.35. The molecular formula is C17H19FN2O3S. The molecule has 1 N–H and O–H groups in total. The maximum atomic E-state index is 13.1. The third-order valence-corrected chi connectivity index (χ3v) is 4.57. The van der Waals surface area contributed by atoms with Crippen molar-refractivity contribution in [2.75, 3.05) is 23.7 Å². The van der Waals surface area contributed by atoms with Crippen LogP contribution >= 0.6 is 0 Å². The van der Waals surface area contributed by atoms with Crippen molar-refractivity contribution in [1.82, 2.24) is 5.32 Å². The van der Waals surface area contributed by atoms with E-state index in [4.69, 9.17) is 0 Å². The van der Waals surface area contributed by atoms with Crippen LogP contribution in [0.2, 0.25) is 0 Å². The number of hydrogen-bond donors (Lipinski definition) is 1. The lowest BCUT2D eigenvalue weighted by Crippen LogP contribution is -2.38. The zero-order chi connectivity index (χ0) is 17.7. The molecule has 1 amide bonds. The summed E-state index contributed by atoms with van der Waals surface area (Å²) in [6.07, 6.45) is 1.11. The summed E-state index contributed by atoms with van der Waals surface area (Å²) in [6.45, 7) is 2.06. The molecule has 0 aliphatic carbocycles. The van der Waals surface area contributed by atoms with Gasteiger partial charge in [-0.1, -0.05) is 18.2 Å². The molecule has 0 aliphatic rings. The van der Waals surface area contributed by atoms with Gasteiger partial charge in [-0.3, -0.25) is 9.10 Å². The van der Waals surface area contributed by atoms with Crippen molar-refractivity contribution in [1.29, 1.82) is 0 Å². The summed E-state index contributed by atoms with van der Waals surface area (Å²) < 4.78 is 38.3. The highest BCUT2D eigenvalue weighted by atomic mass is 32.2. The van der Waals surface area contributed by atoms with Crippen molar-refractivity contribution in [3.05, 3.63) is 65.5 Å². The highest BCUT2D eigenvalue weighted by Gasteiger charge is 2.17. The van der Waals surface area contributed by atoms with Crippen LogP contribution in [-0.4, -0.2) is 33.7 Å². The Labute approximate surface area is 141 Å². The second-order valence-electron chi connectivity index (χ2n) is 5.44. The SMILES string of the molecule is Cc1cccc(N(CCNC(=O)c2cccc(F)c2)S(C)(=O)=O)c1. The minimum absolute atomic E-state index is 0.0866. The highest BCUT2D eigenvalue weighted by Crippen LogP contribution is 2.18. The molecule has 0 aliphatic heterocycles. The first-order chi connectivity index (χ1) is 11.3. The smallest absolute Gasteiger partial charge is 0.251 e. The first kappa shape index (κ1) is 17.9. The number of nitrogens with zero attached hydrogens (tertiary/aromatic N) is 1. The summed E-state index contributed by atoms with van der Waals surface area (Å²) in [7, 11) is -3.48. The van der Waals surface area contributed by atoms with Crippen LogP contribution in [0.3, 0.4) is 0 Å². The minimum atomic E-state index is -3.48. The molecule has 2 aromatic rings. The fourth-order valence-corrected chi connectivity index (χ4v) is 3.19. The summed E-state index contributed by atoms with van der Waals surface area (Å²) in [6, 6.07) is 12.4. The van der Waals surface area contributed by atoms with Gasteiger partial charge in [0.05, 0.1) is 18.5 Å². The minimum Gasteiger partial charge on any atom is -0.350 e. The average molecular weight is 350 g/mol. The zero-order valence-corrected chi connectivity index (χ0v) is 14.3. The van der Waals surface area contributed by atoms with Gasteiger partial charge in [-0.25, -0.2) is 12.8 Å². The molecule has 0 bridgehead atoms. The summed E-state index contributed by atoms with van der Waals surface area (Å²) in [5.41, 5.74) is 1.67. The fourth-order valence-electron chi connectivity index (χ4n) is 2.27. The molecule has 128 valence electrons. The molecule has 0 heterocycles. The van der Waals surface area contributed by atoms with Crippen LogP contribution in [0.5, 0.6) is 0 Å². The first-order valence-corrected chi connectivity index (χ1v) is 9.20. The van der Waals surface area contributed by atoms with E-state index in [9.17, 15) is 17.6 Å². The lowest BCUT2D eigenvalue weighted by molar-refractivity contribution is 0.0954. The number of carbonyl (C=O) groups is 1. The number of sulfonamides is 1. The molecule has 0 unspecified atom stereocenters. The van der Waals surface area contributed by atoms with E-state index >= 15 is 0 Å². The number of aryl methyl sites for hydroxylation is 1. The number of amides is 1. The van der Waals surface area contributed by atoms with Gasteiger partial charge >= 0.3 is 0 Å². The third kappa shape index (κ3) is 4.79. The van der Waals surface area contributed by atoms with Crippen LogP contribution in [0.1, 0.15) is 15.9 Å². The second kappa shape index (κ2) is 7.44. The summed E-state index contributed by atoms with van der Waals surface area (Å²) in [4.78, 5) is 12.0. The molecule has 5 nitrogen and oxygen atoms in total. The van der Waals surface area contributed by atoms with Crippen LogP contribution in [0.25, 0.3) is 0 Å². The summed E-state index contributed by atoms with van der Waals surface area (Å²) in [5, 5.41) is 2.60. The molecule has 0 atom stereocenters. The number of anilines is 1. The van der Waals surface area contributed by atoms with E-state index in [-0.39, 0.29) is 18.7 Å². The molecule has 0 spiro atoms. The highest BCUT2D eigenvalue weighted by molar-refractivity contribution is 7.92. The third-order valence-electron chi connectivity index (χ3n) is 3.38. The molecule has 0 aromatic heterocycles. The van der Waals surface area contributed by atoms with Gasteiger partial charge in [0, 0.05) is 12.1 Å². The first-order valence-electron chi connectivity index (χ1n) is 7.35. The number of nitrogens with one attached hydrogen (secondary N) is 1. The van der Waals surface area contributed by atoms with E-state index in [0.717, 1.165) is 17.9 Å². The van der Waals surface area contributed by atoms with Crippen molar-refractivity contribution in [2.24, 2.45) is 0 Å². The number of hydrogen-bond acceptors (Lipinski definition) is 3. The van der Waals surface area contributed by atoms with Crippen molar-refractivity contribution in [3.8, 4) is 0 Å². The van der Waals surface area contributed by atoms with Crippen LogP contribution < -0.4 is 9.62 Å². The quantitative estimate of drug-likeness (QED) is 0.869. The predicted molar refractivity (Wildman–Crippen MR) is 92.1 cm³/mol. The number of carbonyl (C=O) groups excluding carboxylic acids is 1. The Bertz CT molecular complexity index is 837. The standard InChI is InChI=1S/C17H19FN2O3S/c1-13-5-3-8-16(11-13)20(24(2,22)23)10-9-19-17(21)14-6-4-7-15(18)12-14/h3-8,11-12H,9-10H2,1-2H3,(H,19,21). The van der Waals surface area contributed by atoms with Gasteiger partial charge in [-0.2, -0.15) is 0 Å². The van der Waals surface area contributed by atoms with Gasteiger partial charge in [0.1, 0.15) is 5.82 Å². The van der Waals surface area contributed by atoms with Crippen molar-refractivity contribution < 1.29 is 17.6 Å². The number of rotatable bonds is 6. The van der Waals surface area contributed by atoms with Crippen molar-refractivity contribution in [3.63, 3.8) is 0 Å². The Balaban J connectivity index is 2.05. The molecule has 2 rings (SSSR count). The molecule has 0 saturated heterocycles. The zero-order valence-electron chi connectivity index (χ0n) is 13.5. The van der Waals surface area contributed by atoms with Gasteiger partial charge in [-0.15, -0.1) is 0 Å². The largest absolute Gasteiger partial charge is 0.350 e. The summed E-state index contributed by atoms with van der Waals surface area (Å²) >= 11 is 0. The maximum Gasteiger partial charge on any atom is 0.251 e. The average Bonchev–Trinajstić information content (AvgIpc) is 2.50. The van der Waals surface area contributed by atoms with Crippen LogP contribution in [0.15, 0.2) is 48.5 Å².